The smallest absolute Gasteiger partial charge is 0.338 e. The SMILES string of the molecule is CC(C)CCN1C(=O)c2ccc(C(=O)OCC(=O)N(C(C)C)C(C)C)cc2C1=O. The minimum absolute atomic E-state index is 0.0124. The van der Waals surface area contributed by atoms with Crippen LogP contribution >= 0.6 is 0 Å². The summed E-state index contributed by atoms with van der Waals surface area (Å²) >= 11 is 0. The van der Waals surface area contributed by atoms with Crippen molar-refractivity contribution in [3.63, 3.8) is 0 Å². The minimum Gasteiger partial charge on any atom is -0.452 e. The summed E-state index contributed by atoms with van der Waals surface area (Å²) in [5.74, 6) is -1.36. The van der Waals surface area contributed by atoms with E-state index in [0.29, 0.717) is 18.9 Å². The van der Waals surface area contributed by atoms with Gasteiger partial charge in [-0.25, -0.2) is 4.79 Å². The first-order valence-electron chi connectivity index (χ1n) is 10.0. The predicted octanol–water partition coefficient (Wildman–Crippen LogP) is 3.13. The fourth-order valence-corrected chi connectivity index (χ4v) is 3.47. The van der Waals surface area contributed by atoms with E-state index in [-0.39, 0.29) is 47.2 Å². The van der Waals surface area contributed by atoms with Gasteiger partial charge in [0.05, 0.1) is 16.7 Å². The van der Waals surface area contributed by atoms with E-state index < -0.39 is 11.9 Å². The first-order valence-corrected chi connectivity index (χ1v) is 10.0. The van der Waals surface area contributed by atoms with E-state index in [1.807, 2.05) is 41.5 Å². The van der Waals surface area contributed by atoms with Crippen LogP contribution in [0.3, 0.4) is 0 Å². The highest BCUT2D eigenvalue weighted by atomic mass is 16.5. The lowest BCUT2D eigenvalue weighted by atomic mass is 10.1. The monoisotopic (exact) mass is 402 g/mol. The molecule has 0 aliphatic carbocycles. The highest BCUT2D eigenvalue weighted by Crippen LogP contribution is 2.25. The number of esters is 1. The highest BCUT2D eigenvalue weighted by molar-refractivity contribution is 6.22. The van der Waals surface area contributed by atoms with Gasteiger partial charge in [-0.2, -0.15) is 0 Å². The molecule has 7 nitrogen and oxygen atoms in total. The van der Waals surface area contributed by atoms with Gasteiger partial charge in [0.1, 0.15) is 0 Å². The summed E-state index contributed by atoms with van der Waals surface area (Å²) in [5, 5.41) is 0. The molecule has 29 heavy (non-hydrogen) atoms. The predicted molar refractivity (Wildman–Crippen MR) is 109 cm³/mol. The maximum Gasteiger partial charge on any atom is 0.338 e. The summed E-state index contributed by atoms with van der Waals surface area (Å²) in [4.78, 5) is 52.7. The Morgan fingerprint density at radius 3 is 2.10 bits per heavy atom. The summed E-state index contributed by atoms with van der Waals surface area (Å²) in [6.45, 7) is 11.6. The Morgan fingerprint density at radius 2 is 1.55 bits per heavy atom. The molecule has 1 aliphatic heterocycles. The molecule has 0 spiro atoms. The van der Waals surface area contributed by atoms with E-state index in [2.05, 4.69) is 0 Å². The van der Waals surface area contributed by atoms with Crippen LogP contribution in [0.2, 0.25) is 0 Å². The van der Waals surface area contributed by atoms with Crippen molar-refractivity contribution in [3.05, 3.63) is 34.9 Å². The molecule has 1 aromatic rings. The van der Waals surface area contributed by atoms with Gasteiger partial charge in [0.2, 0.25) is 0 Å². The molecule has 0 saturated carbocycles. The number of hydrogen-bond acceptors (Lipinski definition) is 5. The molecule has 158 valence electrons. The number of carbonyl (C=O) groups is 4. The van der Waals surface area contributed by atoms with E-state index in [0.717, 1.165) is 0 Å². The first kappa shape index (κ1) is 22.6. The zero-order chi connectivity index (χ0) is 21.9. The number of imide groups is 1. The molecule has 0 fully saturated rings. The van der Waals surface area contributed by atoms with Gasteiger partial charge in [0, 0.05) is 18.6 Å². The van der Waals surface area contributed by atoms with E-state index in [4.69, 9.17) is 4.74 Å². The molecule has 1 aliphatic rings. The van der Waals surface area contributed by atoms with Crippen LogP contribution in [0.15, 0.2) is 18.2 Å². The molecular formula is C22H30N2O5. The number of carbonyl (C=O) groups excluding carboxylic acids is 4. The third-order valence-electron chi connectivity index (χ3n) is 4.86. The highest BCUT2D eigenvalue weighted by Gasteiger charge is 2.36. The number of hydrogen-bond donors (Lipinski definition) is 0. The molecule has 0 unspecified atom stereocenters. The zero-order valence-electron chi connectivity index (χ0n) is 18.0. The van der Waals surface area contributed by atoms with Crippen LogP contribution in [-0.2, 0) is 9.53 Å². The zero-order valence-corrected chi connectivity index (χ0v) is 18.0. The number of ether oxygens (including phenoxy) is 1. The lowest BCUT2D eigenvalue weighted by Gasteiger charge is -2.30. The molecule has 2 rings (SSSR count). The normalized spacial score (nSPS) is 13.5. The van der Waals surface area contributed by atoms with E-state index >= 15 is 0 Å². The Bertz CT molecular complexity index is 805. The largest absolute Gasteiger partial charge is 0.452 e. The molecule has 1 heterocycles. The van der Waals surface area contributed by atoms with Crippen LogP contribution in [0.25, 0.3) is 0 Å². The standard InChI is InChI=1S/C22H30N2O5/c1-13(2)9-10-23-20(26)17-8-7-16(11-18(17)21(23)27)22(28)29-12-19(25)24(14(3)4)15(5)6/h7-8,11,13-15H,9-10,12H2,1-6H3. The molecule has 0 saturated heterocycles. The maximum absolute atomic E-state index is 12.6. The minimum atomic E-state index is -0.700. The number of amides is 3. The Labute approximate surface area is 172 Å². The molecule has 3 amide bonds. The lowest BCUT2D eigenvalue weighted by molar-refractivity contribution is -0.138. The second-order valence-corrected chi connectivity index (χ2v) is 8.27. The van der Waals surface area contributed by atoms with Gasteiger partial charge in [0.25, 0.3) is 17.7 Å². The molecule has 0 bridgehead atoms. The van der Waals surface area contributed by atoms with Crippen LogP contribution in [0.4, 0.5) is 0 Å². The second-order valence-electron chi connectivity index (χ2n) is 8.27. The van der Waals surface area contributed by atoms with Gasteiger partial charge in [-0.05, 0) is 58.2 Å². The first-order chi connectivity index (χ1) is 13.5. The van der Waals surface area contributed by atoms with Crippen molar-refractivity contribution in [2.75, 3.05) is 13.2 Å². The number of nitrogens with zero attached hydrogens (tertiary/aromatic N) is 2. The van der Waals surface area contributed by atoms with Crippen molar-refractivity contribution in [1.82, 2.24) is 9.80 Å². The van der Waals surface area contributed by atoms with Crippen molar-refractivity contribution in [3.8, 4) is 0 Å². The number of fused-ring (bicyclic) bond motifs is 1. The topological polar surface area (TPSA) is 84.0 Å². The van der Waals surface area contributed by atoms with Crippen LogP contribution in [0.5, 0.6) is 0 Å². The fourth-order valence-electron chi connectivity index (χ4n) is 3.47. The van der Waals surface area contributed by atoms with Crippen LogP contribution in [-0.4, -0.2) is 58.7 Å². The van der Waals surface area contributed by atoms with Crippen LogP contribution in [0.1, 0.15) is 79.0 Å². The van der Waals surface area contributed by atoms with Crippen molar-refractivity contribution < 1.29 is 23.9 Å². The van der Waals surface area contributed by atoms with E-state index in [1.54, 1.807) is 4.90 Å². The molecule has 1 aromatic carbocycles. The Balaban J connectivity index is 2.09. The average molecular weight is 402 g/mol. The Kier molecular flexibility index (Phi) is 7.16. The van der Waals surface area contributed by atoms with Gasteiger partial charge in [-0.15, -0.1) is 0 Å². The second kappa shape index (κ2) is 9.20. The van der Waals surface area contributed by atoms with Crippen molar-refractivity contribution in [1.29, 1.82) is 0 Å². The van der Waals surface area contributed by atoms with E-state index in [9.17, 15) is 19.2 Å². The van der Waals surface area contributed by atoms with Crippen molar-refractivity contribution in [2.24, 2.45) is 5.92 Å². The molecular weight excluding hydrogens is 372 g/mol. The van der Waals surface area contributed by atoms with Crippen molar-refractivity contribution in [2.45, 2.75) is 60.0 Å². The molecule has 0 atom stereocenters. The van der Waals surface area contributed by atoms with Crippen molar-refractivity contribution >= 4 is 23.7 Å². The van der Waals surface area contributed by atoms with Gasteiger partial charge in [-0.1, -0.05) is 13.8 Å². The summed E-state index contributed by atoms with van der Waals surface area (Å²) in [7, 11) is 0. The summed E-state index contributed by atoms with van der Waals surface area (Å²) < 4.78 is 5.16. The summed E-state index contributed by atoms with van der Waals surface area (Å²) in [6.07, 6.45) is 0.713. The molecule has 0 radical (unpaired) electrons. The van der Waals surface area contributed by atoms with Gasteiger partial charge >= 0.3 is 5.97 Å². The lowest BCUT2D eigenvalue weighted by Crippen LogP contribution is -2.44. The Hall–Kier alpha value is -2.70. The van der Waals surface area contributed by atoms with Crippen LogP contribution < -0.4 is 0 Å². The van der Waals surface area contributed by atoms with Gasteiger partial charge in [-0.3, -0.25) is 19.3 Å². The number of rotatable bonds is 8. The average Bonchev–Trinajstić information content (AvgIpc) is 2.87. The number of benzene rings is 1. The Morgan fingerprint density at radius 1 is 0.966 bits per heavy atom. The molecule has 0 N–H and O–H groups in total. The summed E-state index contributed by atoms with van der Waals surface area (Å²) in [5.41, 5.74) is 0.631. The quantitative estimate of drug-likeness (QED) is 0.493. The van der Waals surface area contributed by atoms with Crippen LogP contribution in [0, 0.1) is 5.92 Å². The van der Waals surface area contributed by atoms with E-state index in [1.165, 1.54) is 23.1 Å². The van der Waals surface area contributed by atoms with Gasteiger partial charge < -0.3 is 9.64 Å². The molecule has 0 aromatic heterocycles. The maximum atomic E-state index is 12.6. The summed E-state index contributed by atoms with van der Waals surface area (Å²) in [6, 6.07) is 4.27. The third-order valence-corrected chi connectivity index (χ3v) is 4.86. The fraction of sp³-hybridized carbons (Fsp3) is 0.545. The molecule has 7 heteroatoms. The van der Waals surface area contributed by atoms with Gasteiger partial charge in [0.15, 0.2) is 6.61 Å². The third kappa shape index (κ3) is 5.02.